The molecule has 2 atom stereocenters. The zero-order chi connectivity index (χ0) is 29.3. The van der Waals surface area contributed by atoms with Crippen molar-refractivity contribution < 1.29 is 29.3 Å². The van der Waals surface area contributed by atoms with Gasteiger partial charge < -0.3 is 19.7 Å². The first kappa shape index (κ1) is 28.2. The van der Waals surface area contributed by atoms with Crippen LogP contribution in [0.15, 0.2) is 133 Å². The molecular formula is C36H30O6. The summed E-state index contributed by atoms with van der Waals surface area (Å²) in [5.74, 6) is -1.09. The van der Waals surface area contributed by atoms with Crippen molar-refractivity contribution in [3.63, 3.8) is 0 Å². The van der Waals surface area contributed by atoms with Crippen molar-refractivity contribution in [1.29, 1.82) is 0 Å². The number of hydrogen-bond acceptors (Lipinski definition) is 4. The summed E-state index contributed by atoms with van der Waals surface area (Å²) < 4.78 is 11.6. The van der Waals surface area contributed by atoms with E-state index in [1.807, 2.05) is 109 Å². The molecule has 0 aromatic heterocycles. The average Bonchev–Trinajstić information content (AvgIpc) is 3.02. The maximum atomic E-state index is 12.0. The predicted molar refractivity (Wildman–Crippen MR) is 162 cm³/mol. The van der Waals surface area contributed by atoms with Crippen LogP contribution in [0, 0.1) is 0 Å². The molecule has 5 rings (SSSR count). The Morgan fingerprint density at radius 2 is 0.786 bits per heavy atom. The van der Waals surface area contributed by atoms with Gasteiger partial charge in [-0.2, -0.15) is 0 Å². The molecule has 0 saturated heterocycles. The molecule has 0 aliphatic heterocycles. The third kappa shape index (κ3) is 7.43. The van der Waals surface area contributed by atoms with Crippen LogP contribution in [0.2, 0.25) is 0 Å². The van der Waals surface area contributed by atoms with Gasteiger partial charge in [0.25, 0.3) is 0 Å². The molecule has 6 nitrogen and oxygen atoms in total. The van der Waals surface area contributed by atoms with Crippen molar-refractivity contribution in [2.24, 2.45) is 0 Å². The summed E-state index contributed by atoms with van der Waals surface area (Å²) in [7, 11) is 0. The largest absolute Gasteiger partial charge is 0.478 e. The van der Waals surface area contributed by atoms with Crippen molar-refractivity contribution in [3.8, 4) is 33.8 Å². The molecular weight excluding hydrogens is 528 g/mol. The highest BCUT2D eigenvalue weighted by Gasteiger charge is 2.21. The van der Waals surface area contributed by atoms with Crippen molar-refractivity contribution in [1.82, 2.24) is 0 Å². The first-order valence-electron chi connectivity index (χ1n) is 13.6. The fourth-order valence-electron chi connectivity index (χ4n) is 4.65. The number of rotatable bonds is 12. The Kier molecular flexibility index (Phi) is 8.94. The van der Waals surface area contributed by atoms with E-state index in [9.17, 15) is 19.8 Å². The van der Waals surface area contributed by atoms with E-state index in [0.29, 0.717) is 11.5 Å². The van der Waals surface area contributed by atoms with E-state index in [4.69, 9.17) is 9.47 Å². The van der Waals surface area contributed by atoms with Gasteiger partial charge in [-0.05, 0) is 57.6 Å². The second-order valence-electron chi connectivity index (χ2n) is 9.90. The summed E-state index contributed by atoms with van der Waals surface area (Å²) in [6, 6.07) is 41.6. The zero-order valence-electron chi connectivity index (χ0n) is 22.8. The average molecular weight is 559 g/mol. The first-order chi connectivity index (χ1) is 20.4. The van der Waals surface area contributed by atoms with Crippen molar-refractivity contribution in [2.45, 2.75) is 25.0 Å². The van der Waals surface area contributed by atoms with Crippen LogP contribution >= 0.6 is 0 Å². The highest BCUT2D eigenvalue weighted by Crippen LogP contribution is 2.26. The normalized spacial score (nSPS) is 12.2. The molecule has 0 amide bonds. The molecule has 0 fully saturated rings. The number of carbonyl (C=O) groups is 2. The van der Waals surface area contributed by atoms with Crippen LogP contribution in [0.5, 0.6) is 11.5 Å². The monoisotopic (exact) mass is 558 g/mol. The Hall–Kier alpha value is -5.36. The lowest BCUT2D eigenvalue weighted by Gasteiger charge is -2.16. The maximum absolute atomic E-state index is 12.0. The summed E-state index contributed by atoms with van der Waals surface area (Å²) in [5.41, 5.74) is 5.69. The summed E-state index contributed by atoms with van der Waals surface area (Å²) in [6.07, 6.45) is -1.56. The summed E-state index contributed by atoms with van der Waals surface area (Å²) in [4.78, 5) is 23.7. The van der Waals surface area contributed by atoms with E-state index in [0.717, 1.165) is 33.4 Å². The number of hydrogen-bond donors (Lipinski definition) is 2. The minimum atomic E-state index is -1.03. The quantitative estimate of drug-likeness (QED) is 0.169. The fraction of sp³-hybridized carbons (Fsp3) is 0.111. The Labute approximate surface area is 244 Å². The Morgan fingerprint density at radius 3 is 1.19 bits per heavy atom. The van der Waals surface area contributed by atoms with Gasteiger partial charge in [-0.15, -0.1) is 0 Å². The van der Waals surface area contributed by atoms with Gasteiger partial charge in [0.15, 0.2) is 12.2 Å². The topological polar surface area (TPSA) is 93.1 Å². The van der Waals surface area contributed by atoms with E-state index in [-0.39, 0.29) is 12.8 Å². The lowest BCUT2D eigenvalue weighted by atomic mass is 10.0. The molecule has 2 N–H and O–H groups in total. The molecule has 0 saturated carbocycles. The number of benzene rings is 5. The van der Waals surface area contributed by atoms with Crippen molar-refractivity contribution >= 4 is 11.9 Å². The standard InChI is InChI=1S/C36H30O6/c37-35(38)33(23-25-7-3-1-4-8-25)41-32-21-17-30(18-22-32)28-13-11-26(12-14-28)24-34(36(39)40)42-31-19-15-29(16-20-31)27-9-5-2-6-10-27/h1-22,33-34H,23-24H2,(H,37,38)(H,39,40)/t33-,34-/m1/s1. The highest BCUT2D eigenvalue weighted by atomic mass is 16.5. The number of ether oxygens (including phenoxy) is 2. The lowest BCUT2D eigenvalue weighted by molar-refractivity contribution is -0.145. The number of carboxylic acids is 2. The molecule has 42 heavy (non-hydrogen) atoms. The molecule has 0 bridgehead atoms. The van der Waals surface area contributed by atoms with E-state index in [1.165, 1.54) is 0 Å². The SMILES string of the molecule is O=C(O)[C@@H](Cc1ccc(-c2ccc(O[C@H](Cc3ccccc3)C(=O)O)cc2)cc1)Oc1ccc(-c2ccccc2)cc1. The van der Waals surface area contributed by atoms with Gasteiger partial charge in [0.2, 0.25) is 0 Å². The highest BCUT2D eigenvalue weighted by molar-refractivity contribution is 5.74. The van der Waals surface area contributed by atoms with Crippen molar-refractivity contribution in [2.75, 3.05) is 0 Å². The van der Waals surface area contributed by atoms with Crippen LogP contribution in [0.4, 0.5) is 0 Å². The number of carboxylic acid groups (broad SMARTS) is 2. The molecule has 0 aliphatic carbocycles. The van der Waals surface area contributed by atoms with Gasteiger partial charge in [0.1, 0.15) is 11.5 Å². The molecule has 0 unspecified atom stereocenters. The molecule has 6 heteroatoms. The van der Waals surface area contributed by atoms with Crippen LogP contribution in [0.3, 0.4) is 0 Å². The van der Waals surface area contributed by atoms with Gasteiger partial charge in [-0.1, -0.05) is 109 Å². The van der Waals surface area contributed by atoms with Crippen molar-refractivity contribution in [3.05, 3.63) is 145 Å². The molecule has 0 radical (unpaired) electrons. The van der Waals surface area contributed by atoms with Gasteiger partial charge in [-0.3, -0.25) is 0 Å². The molecule has 0 spiro atoms. The molecule has 0 heterocycles. The molecule has 0 aliphatic rings. The zero-order valence-corrected chi connectivity index (χ0v) is 22.8. The molecule has 5 aromatic carbocycles. The lowest BCUT2D eigenvalue weighted by Crippen LogP contribution is -2.29. The Morgan fingerprint density at radius 1 is 0.452 bits per heavy atom. The third-order valence-corrected chi connectivity index (χ3v) is 6.90. The molecule has 5 aromatic rings. The van der Waals surface area contributed by atoms with E-state index >= 15 is 0 Å². The van der Waals surface area contributed by atoms with Crippen LogP contribution in [0.1, 0.15) is 11.1 Å². The first-order valence-corrected chi connectivity index (χ1v) is 13.6. The molecule has 210 valence electrons. The summed E-state index contributed by atoms with van der Waals surface area (Å²) in [5, 5.41) is 19.4. The predicted octanol–water partition coefficient (Wildman–Crippen LogP) is 7.17. The smallest absolute Gasteiger partial charge is 0.345 e. The van der Waals surface area contributed by atoms with Crippen LogP contribution in [-0.2, 0) is 22.4 Å². The minimum Gasteiger partial charge on any atom is -0.478 e. The van der Waals surface area contributed by atoms with Gasteiger partial charge >= 0.3 is 11.9 Å². The minimum absolute atomic E-state index is 0.209. The van der Waals surface area contributed by atoms with Crippen LogP contribution in [0.25, 0.3) is 22.3 Å². The van der Waals surface area contributed by atoms with E-state index < -0.39 is 24.1 Å². The second-order valence-corrected chi connectivity index (χ2v) is 9.90. The Bertz CT molecular complexity index is 1600. The summed E-state index contributed by atoms with van der Waals surface area (Å²) in [6.45, 7) is 0. The van der Waals surface area contributed by atoms with Gasteiger partial charge in [0.05, 0.1) is 0 Å². The number of aliphatic carboxylic acids is 2. The third-order valence-electron chi connectivity index (χ3n) is 6.90. The Balaban J connectivity index is 1.20. The van der Waals surface area contributed by atoms with E-state index in [1.54, 1.807) is 24.3 Å². The van der Waals surface area contributed by atoms with Crippen LogP contribution < -0.4 is 9.47 Å². The van der Waals surface area contributed by atoms with Crippen LogP contribution in [-0.4, -0.2) is 34.4 Å². The van der Waals surface area contributed by atoms with E-state index in [2.05, 4.69) is 0 Å². The van der Waals surface area contributed by atoms with Gasteiger partial charge in [0, 0.05) is 12.8 Å². The van der Waals surface area contributed by atoms with Gasteiger partial charge in [-0.25, -0.2) is 9.59 Å². The fourth-order valence-corrected chi connectivity index (χ4v) is 4.65. The maximum Gasteiger partial charge on any atom is 0.345 e. The second kappa shape index (κ2) is 13.3. The summed E-state index contributed by atoms with van der Waals surface area (Å²) >= 11 is 0.